The van der Waals surface area contributed by atoms with Gasteiger partial charge in [-0.15, -0.1) is 0 Å². The molecule has 0 aliphatic carbocycles. The number of rotatable bonds is 8. The SMILES string of the molecule is COc1ccc(C(CNC(=O)CN2CCN(c3ccccc3O)CC2)c2c[nH]c3ccccc23)cc1. The van der Waals surface area contributed by atoms with E-state index in [1.807, 2.05) is 48.7 Å². The van der Waals surface area contributed by atoms with Gasteiger partial charge in [-0.05, 0) is 41.5 Å². The van der Waals surface area contributed by atoms with Crippen molar-refractivity contribution in [2.24, 2.45) is 0 Å². The molecule has 7 heteroatoms. The van der Waals surface area contributed by atoms with Crippen LogP contribution in [0.5, 0.6) is 11.5 Å². The van der Waals surface area contributed by atoms with E-state index in [1.54, 1.807) is 13.2 Å². The second kappa shape index (κ2) is 10.7. The third-order valence-corrected chi connectivity index (χ3v) is 6.98. The Morgan fingerprint density at radius 2 is 1.72 bits per heavy atom. The highest BCUT2D eigenvalue weighted by Crippen LogP contribution is 2.31. The Kier molecular flexibility index (Phi) is 7.09. The van der Waals surface area contributed by atoms with Crippen LogP contribution in [0.3, 0.4) is 0 Å². The Bertz CT molecular complexity index is 1310. The molecule has 36 heavy (non-hydrogen) atoms. The molecule has 1 aliphatic rings. The van der Waals surface area contributed by atoms with Gasteiger partial charge in [0.05, 0.1) is 19.3 Å². The number of amides is 1. The Morgan fingerprint density at radius 1 is 1.00 bits per heavy atom. The molecule has 1 aliphatic heterocycles. The number of ether oxygens (including phenoxy) is 1. The summed E-state index contributed by atoms with van der Waals surface area (Å²) in [5, 5.41) is 14.5. The number of para-hydroxylation sites is 3. The molecule has 1 saturated heterocycles. The number of aromatic hydroxyl groups is 1. The highest BCUT2D eigenvalue weighted by atomic mass is 16.5. The number of aromatic nitrogens is 1. The lowest BCUT2D eigenvalue weighted by atomic mass is 9.90. The number of fused-ring (bicyclic) bond motifs is 1. The maximum absolute atomic E-state index is 13.0. The highest BCUT2D eigenvalue weighted by Gasteiger charge is 2.23. The second-order valence-electron chi connectivity index (χ2n) is 9.17. The molecule has 0 radical (unpaired) electrons. The number of carbonyl (C=O) groups excluding carboxylic acids is 1. The molecule has 7 nitrogen and oxygen atoms in total. The van der Waals surface area contributed by atoms with Crippen LogP contribution in [0.15, 0.2) is 79.0 Å². The van der Waals surface area contributed by atoms with Crippen LogP contribution in [0.4, 0.5) is 5.69 Å². The van der Waals surface area contributed by atoms with Gasteiger partial charge in [-0.1, -0.05) is 42.5 Å². The maximum Gasteiger partial charge on any atom is 0.234 e. The van der Waals surface area contributed by atoms with Gasteiger partial charge in [-0.3, -0.25) is 9.69 Å². The average molecular weight is 485 g/mol. The fraction of sp³-hybridized carbons (Fsp3) is 0.276. The lowest BCUT2D eigenvalue weighted by Gasteiger charge is -2.36. The van der Waals surface area contributed by atoms with E-state index in [0.29, 0.717) is 18.8 Å². The van der Waals surface area contributed by atoms with Crippen LogP contribution in [0.25, 0.3) is 10.9 Å². The minimum atomic E-state index is 0.00825. The largest absolute Gasteiger partial charge is 0.506 e. The molecule has 2 heterocycles. The summed E-state index contributed by atoms with van der Waals surface area (Å²) in [4.78, 5) is 20.7. The number of nitrogens with one attached hydrogen (secondary N) is 2. The molecule has 1 atom stereocenters. The molecule has 1 amide bonds. The van der Waals surface area contributed by atoms with Gasteiger partial charge in [0, 0.05) is 55.7 Å². The van der Waals surface area contributed by atoms with Crippen LogP contribution in [0, 0.1) is 0 Å². The predicted molar refractivity (Wildman–Crippen MR) is 143 cm³/mol. The molecule has 5 rings (SSSR count). The van der Waals surface area contributed by atoms with Gasteiger partial charge in [0.25, 0.3) is 0 Å². The third kappa shape index (κ3) is 5.16. The first-order valence-corrected chi connectivity index (χ1v) is 12.3. The molecule has 0 bridgehead atoms. The van der Waals surface area contributed by atoms with E-state index in [-0.39, 0.29) is 11.8 Å². The van der Waals surface area contributed by atoms with Crippen molar-refractivity contribution in [1.82, 2.24) is 15.2 Å². The number of hydrogen-bond donors (Lipinski definition) is 3. The van der Waals surface area contributed by atoms with Gasteiger partial charge in [0.15, 0.2) is 0 Å². The summed E-state index contributed by atoms with van der Waals surface area (Å²) in [7, 11) is 1.66. The molecule has 0 spiro atoms. The molecule has 4 aromatic rings. The third-order valence-electron chi connectivity index (χ3n) is 6.98. The summed E-state index contributed by atoms with van der Waals surface area (Å²) in [6.07, 6.45) is 2.05. The number of phenols is 1. The lowest BCUT2D eigenvalue weighted by Crippen LogP contribution is -2.49. The minimum absolute atomic E-state index is 0.00825. The van der Waals surface area contributed by atoms with Crippen molar-refractivity contribution in [2.45, 2.75) is 5.92 Å². The van der Waals surface area contributed by atoms with Gasteiger partial charge < -0.3 is 25.0 Å². The normalized spacial score (nSPS) is 15.1. The average Bonchev–Trinajstić information content (AvgIpc) is 3.34. The Morgan fingerprint density at radius 3 is 2.47 bits per heavy atom. The van der Waals surface area contributed by atoms with Gasteiger partial charge in [0.1, 0.15) is 11.5 Å². The number of nitrogens with zero attached hydrogens (tertiary/aromatic N) is 2. The number of carbonyl (C=O) groups is 1. The molecule has 3 N–H and O–H groups in total. The Hall–Kier alpha value is -3.97. The summed E-state index contributed by atoms with van der Waals surface area (Å²) in [6, 6.07) is 23.7. The van der Waals surface area contributed by atoms with Gasteiger partial charge in [-0.25, -0.2) is 0 Å². The van der Waals surface area contributed by atoms with Crippen LogP contribution >= 0.6 is 0 Å². The number of hydrogen-bond acceptors (Lipinski definition) is 5. The number of H-pyrrole nitrogens is 1. The monoisotopic (exact) mass is 484 g/mol. The quantitative estimate of drug-likeness (QED) is 0.353. The predicted octanol–water partition coefficient (Wildman–Crippen LogP) is 3.95. The van der Waals surface area contributed by atoms with Crippen molar-refractivity contribution in [3.63, 3.8) is 0 Å². The lowest BCUT2D eigenvalue weighted by molar-refractivity contribution is -0.122. The van der Waals surface area contributed by atoms with Crippen molar-refractivity contribution >= 4 is 22.5 Å². The zero-order valence-corrected chi connectivity index (χ0v) is 20.5. The van der Waals surface area contributed by atoms with E-state index < -0.39 is 0 Å². The van der Waals surface area contributed by atoms with Crippen LogP contribution in [0.1, 0.15) is 17.0 Å². The molecular weight excluding hydrogens is 452 g/mol. The summed E-state index contributed by atoms with van der Waals surface area (Å²) < 4.78 is 5.34. The maximum atomic E-state index is 13.0. The van der Waals surface area contributed by atoms with E-state index >= 15 is 0 Å². The number of methoxy groups -OCH3 is 1. The standard InChI is InChI=1S/C29H32N4O3/c1-36-22-12-10-21(11-13-22)24(25-19-30-26-7-3-2-6-23(25)26)18-31-29(35)20-32-14-16-33(17-15-32)27-8-4-5-9-28(27)34/h2-13,19,24,30,34H,14-18,20H2,1H3,(H,31,35). The first kappa shape index (κ1) is 23.8. The molecule has 0 saturated carbocycles. The van der Waals surface area contributed by atoms with Crippen molar-refractivity contribution in [3.8, 4) is 11.5 Å². The van der Waals surface area contributed by atoms with Crippen LogP contribution in [0.2, 0.25) is 0 Å². The Labute approximate surface area is 211 Å². The molecule has 1 fully saturated rings. The summed E-state index contributed by atoms with van der Waals surface area (Å²) in [5.74, 6) is 1.13. The molecule has 1 unspecified atom stereocenters. The van der Waals surface area contributed by atoms with Gasteiger partial charge >= 0.3 is 0 Å². The minimum Gasteiger partial charge on any atom is -0.506 e. The zero-order valence-electron chi connectivity index (χ0n) is 20.5. The molecule has 1 aromatic heterocycles. The fourth-order valence-electron chi connectivity index (χ4n) is 4.98. The summed E-state index contributed by atoms with van der Waals surface area (Å²) >= 11 is 0. The molecule has 186 valence electrons. The van der Waals surface area contributed by atoms with E-state index in [0.717, 1.165) is 59.6 Å². The topological polar surface area (TPSA) is 80.8 Å². The number of benzene rings is 3. The van der Waals surface area contributed by atoms with Crippen LogP contribution < -0.4 is 15.0 Å². The zero-order chi connectivity index (χ0) is 24.9. The summed E-state index contributed by atoms with van der Waals surface area (Å²) in [5.41, 5.74) is 4.21. The van der Waals surface area contributed by atoms with E-state index in [1.165, 1.54) is 0 Å². The van der Waals surface area contributed by atoms with Crippen LogP contribution in [-0.2, 0) is 4.79 Å². The Balaban J connectivity index is 1.23. The van der Waals surface area contributed by atoms with E-state index in [9.17, 15) is 9.90 Å². The second-order valence-corrected chi connectivity index (χ2v) is 9.17. The van der Waals surface area contributed by atoms with Crippen molar-refractivity contribution < 1.29 is 14.6 Å². The van der Waals surface area contributed by atoms with Gasteiger partial charge in [0.2, 0.25) is 5.91 Å². The number of anilines is 1. The van der Waals surface area contributed by atoms with Gasteiger partial charge in [-0.2, -0.15) is 0 Å². The van der Waals surface area contributed by atoms with Crippen LogP contribution in [-0.4, -0.2) is 67.3 Å². The summed E-state index contributed by atoms with van der Waals surface area (Å²) in [6.45, 7) is 3.95. The molecule has 3 aromatic carbocycles. The number of phenolic OH excluding ortho intramolecular Hbond substituents is 1. The fourth-order valence-corrected chi connectivity index (χ4v) is 4.98. The number of aromatic amines is 1. The van der Waals surface area contributed by atoms with Crippen molar-refractivity contribution in [3.05, 3.63) is 90.1 Å². The first-order chi connectivity index (χ1) is 17.6. The van der Waals surface area contributed by atoms with E-state index in [2.05, 4.69) is 44.4 Å². The van der Waals surface area contributed by atoms with E-state index in [4.69, 9.17) is 4.74 Å². The first-order valence-electron chi connectivity index (χ1n) is 12.3. The highest BCUT2D eigenvalue weighted by molar-refractivity contribution is 5.84. The number of piperazine rings is 1. The van der Waals surface area contributed by atoms with Crippen molar-refractivity contribution in [1.29, 1.82) is 0 Å². The molecular formula is C29H32N4O3. The van der Waals surface area contributed by atoms with Crippen molar-refractivity contribution in [2.75, 3.05) is 51.3 Å². The smallest absolute Gasteiger partial charge is 0.234 e.